The Morgan fingerprint density at radius 3 is 2.36 bits per heavy atom. The average molecular weight is 640 g/mol. The fourth-order valence-corrected chi connectivity index (χ4v) is 7.32. The van der Waals surface area contributed by atoms with Crippen LogP contribution in [0.1, 0.15) is 31.8 Å². The predicted octanol–water partition coefficient (Wildman–Crippen LogP) is 6.97. The van der Waals surface area contributed by atoms with Gasteiger partial charge in [0, 0.05) is 32.0 Å². The maximum atomic E-state index is 14.8. The number of nitrogens with zero attached hydrogens (tertiary/aromatic N) is 1. The van der Waals surface area contributed by atoms with E-state index >= 15 is 0 Å². The molecule has 0 bridgehead atoms. The first-order chi connectivity index (χ1) is 20.3. The van der Waals surface area contributed by atoms with Crippen molar-refractivity contribution < 1.29 is 19.1 Å². The van der Waals surface area contributed by atoms with Crippen LogP contribution in [0.25, 0.3) is 6.08 Å². The number of anilines is 2. The van der Waals surface area contributed by atoms with E-state index < -0.39 is 23.4 Å². The van der Waals surface area contributed by atoms with Crippen molar-refractivity contribution in [3.05, 3.63) is 129 Å². The molecular weight excluding hydrogens is 616 g/mol. The van der Waals surface area contributed by atoms with Crippen molar-refractivity contribution in [3.63, 3.8) is 0 Å². The number of hydrogen-bond donors (Lipinski definition) is 1. The first-order valence-electron chi connectivity index (χ1n) is 13.5. The van der Waals surface area contributed by atoms with Crippen molar-refractivity contribution in [3.8, 4) is 5.75 Å². The number of Topliss-reactive ketones (excluding diaryl/α,β-unsaturated/α-hetero) is 2. The Kier molecular flexibility index (Phi) is 6.33. The molecule has 4 aromatic carbocycles. The molecule has 208 valence electrons. The van der Waals surface area contributed by atoms with Crippen LogP contribution in [0.4, 0.5) is 11.4 Å². The van der Waals surface area contributed by atoms with Crippen molar-refractivity contribution >= 4 is 62.5 Å². The van der Waals surface area contributed by atoms with Crippen LogP contribution < -0.4 is 15.0 Å². The number of amides is 1. The molecule has 1 unspecified atom stereocenters. The summed E-state index contributed by atoms with van der Waals surface area (Å²) in [6.07, 6.45) is 3.85. The van der Waals surface area contributed by atoms with E-state index in [4.69, 9.17) is 16.3 Å². The third kappa shape index (κ3) is 3.80. The van der Waals surface area contributed by atoms with E-state index in [0.29, 0.717) is 33.1 Å². The fraction of sp³-hybridized carbons (Fsp3) is 0.147. The molecule has 4 atom stereocenters. The summed E-state index contributed by atoms with van der Waals surface area (Å²) in [6.45, 7) is 0. The monoisotopic (exact) mass is 638 g/mol. The number of carbonyl (C=O) groups excluding carboxylic acids is 3. The van der Waals surface area contributed by atoms with E-state index in [-0.39, 0.29) is 17.5 Å². The van der Waals surface area contributed by atoms with Gasteiger partial charge in [0.05, 0.1) is 19.1 Å². The van der Waals surface area contributed by atoms with Gasteiger partial charge in [-0.3, -0.25) is 14.4 Å². The molecule has 3 aliphatic rings. The van der Waals surface area contributed by atoms with Gasteiger partial charge in [0.2, 0.25) is 5.91 Å². The summed E-state index contributed by atoms with van der Waals surface area (Å²) in [7, 11) is 1.56. The predicted molar refractivity (Wildman–Crippen MR) is 167 cm³/mol. The lowest BCUT2D eigenvalue weighted by Gasteiger charge is -2.37. The summed E-state index contributed by atoms with van der Waals surface area (Å²) in [5, 5.41) is 3.58. The minimum atomic E-state index is -1.52. The zero-order valence-electron chi connectivity index (χ0n) is 22.4. The molecule has 1 spiro atoms. The number of fused-ring (bicyclic) bond motifs is 5. The van der Waals surface area contributed by atoms with Crippen LogP contribution in [0.3, 0.4) is 0 Å². The van der Waals surface area contributed by atoms with Crippen LogP contribution in [0.5, 0.6) is 5.75 Å². The summed E-state index contributed by atoms with van der Waals surface area (Å²) >= 11 is 9.83. The minimum absolute atomic E-state index is 0.229. The Bertz CT molecular complexity index is 1800. The first kappa shape index (κ1) is 26.7. The topological polar surface area (TPSA) is 75.7 Å². The second-order valence-electron chi connectivity index (χ2n) is 10.7. The van der Waals surface area contributed by atoms with Crippen LogP contribution in [0.15, 0.2) is 102 Å². The lowest BCUT2D eigenvalue weighted by molar-refractivity contribution is -0.121. The highest BCUT2D eigenvalue weighted by Gasteiger charge is 2.71. The van der Waals surface area contributed by atoms with Crippen LogP contribution in [0.2, 0.25) is 5.02 Å². The smallest absolute Gasteiger partial charge is 0.238 e. The molecule has 1 amide bonds. The van der Waals surface area contributed by atoms with Gasteiger partial charge in [-0.25, -0.2) is 0 Å². The summed E-state index contributed by atoms with van der Waals surface area (Å²) < 4.78 is 6.15. The number of ether oxygens (including phenoxy) is 1. The SMILES string of the molecule is COc1ccc(C(=O)[C@H]2C3C=Cc4cc(Cl)ccc4N3[C@@H](C(=O)c3ccc(Br)cc3)[C@@]23C(=O)Nc2ccccc23)cc1. The fourth-order valence-electron chi connectivity index (χ4n) is 6.87. The molecule has 42 heavy (non-hydrogen) atoms. The Morgan fingerprint density at radius 1 is 0.929 bits per heavy atom. The van der Waals surface area contributed by atoms with Crippen molar-refractivity contribution in [1.82, 2.24) is 0 Å². The summed E-state index contributed by atoms with van der Waals surface area (Å²) in [4.78, 5) is 46.0. The minimum Gasteiger partial charge on any atom is -0.497 e. The zero-order valence-corrected chi connectivity index (χ0v) is 24.7. The molecule has 0 aliphatic carbocycles. The molecule has 7 rings (SSSR count). The Balaban J connectivity index is 1.52. The highest BCUT2D eigenvalue weighted by molar-refractivity contribution is 9.10. The van der Waals surface area contributed by atoms with E-state index in [2.05, 4.69) is 21.2 Å². The van der Waals surface area contributed by atoms with Gasteiger partial charge in [-0.1, -0.05) is 70.0 Å². The van der Waals surface area contributed by atoms with Crippen molar-refractivity contribution in [1.29, 1.82) is 0 Å². The first-order valence-corrected chi connectivity index (χ1v) is 14.7. The molecular formula is C34H24BrClN2O4. The quantitative estimate of drug-likeness (QED) is 0.239. The molecule has 3 aliphatic heterocycles. The van der Waals surface area contributed by atoms with Gasteiger partial charge in [-0.15, -0.1) is 0 Å². The zero-order chi connectivity index (χ0) is 29.2. The molecule has 3 heterocycles. The number of halogens is 2. The molecule has 1 saturated heterocycles. The maximum absolute atomic E-state index is 14.8. The maximum Gasteiger partial charge on any atom is 0.238 e. The van der Waals surface area contributed by atoms with E-state index in [1.54, 1.807) is 61.7 Å². The number of nitrogens with one attached hydrogen (secondary N) is 1. The average Bonchev–Trinajstić information content (AvgIpc) is 3.48. The van der Waals surface area contributed by atoms with Crippen molar-refractivity contribution in [2.45, 2.75) is 17.5 Å². The Morgan fingerprint density at radius 2 is 1.62 bits per heavy atom. The summed E-state index contributed by atoms with van der Waals surface area (Å²) in [5.41, 5.74) is 2.15. The van der Waals surface area contributed by atoms with Crippen LogP contribution in [-0.2, 0) is 10.2 Å². The summed E-state index contributed by atoms with van der Waals surface area (Å²) in [6, 6.07) is 25.2. The third-order valence-corrected chi connectivity index (χ3v) is 9.40. The van der Waals surface area contributed by atoms with Gasteiger partial charge in [0.1, 0.15) is 17.2 Å². The third-order valence-electron chi connectivity index (χ3n) is 8.63. The number of hydrogen-bond acceptors (Lipinski definition) is 5. The number of carbonyl (C=O) groups is 3. The molecule has 1 N–H and O–H groups in total. The Labute approximate surface area is 256 Å². The lowest BCUT2D eigenvalue weighted by Crippen LogP contribution is -2.55. The molecule has 1 fully saturated rings. The molecule has 0 aromatic heterocycles. The van der Waals surface area contributed by atoms with E-state index in [1.807, 2.05) is 53.5 Å². The number of ketones is 2. The second kappa shape index (κ2) is 9.96. The van der Waals surface area contributed by atoms with Crippen LogP contribution >= 0.6 is 27.5 Å². The number of para-hydroxylation sites is 1. The number of benzene rings is 4. The van der Waals surface area contributed by atoms with E-state index in [9.17, 15) is 14.4 Å². The van der Waals surface area contributed by atoms with Crippen molar-refractivity contribution in [2.24, 2.45) is 5.92 Å². The van der Waals surface area contributed by atoms with Gasteiger partial charge in [-0.05, 0) is 71.8 Å². The van der Waals surface area contributed by atoms with Gasteiger partial charge in [0.25, 0.3) is 0 Å². The van der Waals surface area contributed by atoms with Gasteiger partial charge < -0.3 is 15.0 Å². The van der Waals surface area contributed by atoms with E-state index in [1.165, 1.54) is 0 Å². The van der Waals surface area contributed by atoms with Crippen molar-refractivity contribution in [2.75, 3.05) is 17.3 Å². The molecule has 4 aromatic rings. The van der Waals surface area contributed by atoms with E-state index in [0.717, 1.165) is 15.7 Å². The number of rotatable bonds is 5. The van der Waals surface area contributed by atoms with Gasteiger partial charge in [0.15, 0.2) is 11.6 Å². The second-order valence-corrected chi connectivity index (χ2v) is 12.0. The number of methoxy groups -OCH3 is 1. The standard InChI is InChI=1S/C34H24BrClN2O4/c1-42-24-14-8-19(9-15-24)30(39)29-28-16-10-21-18-23(36)13-17-27(21)38(28)32(31(40)20-6-11-22(35)12-7-20)34(29)25-4-2-3-5-26(25)37-33(34)41/h2-18,28-29,32H,1H3,(H,37,41)/t28?,29-,32+,34+/m1/s1. The Hall–Kier alpha value is -4.20. The lowest BCUT2D eigenvalue weighted by atomic mass is 9.63. The highest BCUT2D eigenvalue weighted by atomic mass is 79.9. The molecule has 0 saturated carbocycles. The largest absolute Gasteiger partial charge is 0.497 e. The molecule has 8 heteroatoms. The van der Waals surface area contributed by atoms with Gasteiger partial charge >= 0.3 is 0 Å². The van der Waals surface area contributed by atoms with Gasteiger partial charge in [-0.2, -0.15) is 0 Å². The van der Waals surface area contributed by atoms with Crippen LogP contribution in [0, 0.1) is 5.92 Å². The normalized spacial score (nSPS) is 23.3. The molecule has 0 radical (unpaired) electrons. The highest BCUT2D eigenvalue weighted by Crippen LogP contribution is 2.58. The summed E-state index contributed by atoms with van der Waals surface area (Å²) in [5.74, 6) is -1.15. The molecule has 6 nitrogen and oxygen atoms in total. The van der Waals surface area contributed by atoms with Crippen LogP contribution in [-0.4, -0.2) is 36.7 Å².